The smallest absolute Gasteiger partial charge is 0.272 e. The van der Waals surface area contributed by atoms with Crippen LogP contribution in [0.4, 0.5) is 0 Å². The van der Waals surface area contributed by atoms with Crippen LogP contribution in [0.1, 0.15) is 18.4 Å². The number of piperidine rings is 1. The molecule has 0 saturated carbocycles. The molecule has 0 bridgehead atoms. The number of nitrogens with zero attached hydrogens (tertiary/aromatic N) is 3. The number of aromatic nitrogens is 2. The topological polar surface area (TPSA) is 90.4 Å². The van der Waals surface area contributed by atoms with Gasteiger partial charge in [0.05, 0.1) is 6.54 Å². The lowest BCUT2D eigenvalue weighted by molar-refractivity contribution is -0.0106. The van der Waals surface area contributed by atoms with Gasteiger partial charge in [-0.3, -0.25) is 9.88 Å². The molecule has 7 nitrogen and oxygen atoms in total. The first-order valence-corrected chi connectivity index (χ1v) is 9.80. The Morgan fingerprint density at radius 1 is 1.32 bits per heavy atom. The van der Waals surface area contributed by atoms with Crippen LogP contribution in [0.25, 0.3) is 0 Å². The molecule has 0 aliphatic carbocycles. The van der Waals surface area contributed by atoms with Crippen molar-refractivity contribution in [3.63, 3.8) is 0 Å². The largest absolute Gasteiger partial charge is 0.593 e. The third kappa shape index (κ3) is 3.43. The summed E-state index contributed by atoms with van der Waals surface area (Å²) < 4.78 is 33.8. The van der Waals surface area contributed by atoms with Gasteiger partial charge >= 0.3 is 0 Å². The Hall–Kier alpha value is -1.87. The van der Waals surface area contributed by atoms with Crippen molar-refractivity contribution in [1.29, 1.82) is 0 Å². The molecule has 2 aliphatic heterocycles. The summed E-state index contributed by atoms with van der Waals surface area (Å²) in [6, 6.07) is 7.13. The van der Waals surface area contributed by atoms with Gasteiger partial charge in [0.25, 0.3) is 5.88 Å². The number of nitrogens with one attached hydrogen (secondary N) is 1. The first-order valence-electron chi connectivity index (χ1n) is 8.31. The van der Waals surface area contributed by atoms with E-state index in [9.17, 15) is 8.76 Å². The minimum absolute atomic E-state index is 0.109. The van der Waals surface area contributed by atoms with Crippen molar-refractivity contribution in [1.82, 2.24) is 19.6 Å². The Morgan fingerprint density at radius 3 is 3.00 bits per heavy atom. The van der Waals surface area contributed by atoms with Crippen LogP contribution in [0.5, 0.6) is 5.88 Å². The van der Waals surface area contributed by atoms with Gasteiger partial charge in [0.1, 0.15) is 5.60 Å². The molecule has 1 spiro atoms. The van der Waals surface area contributed by atoms with Gasteiger partial charge in [0, 0.05) is 37.7 Å². The highest BCUT2D eigenvalue weighted by Gasteiger charge is 2.44. The molecule has 0 aromatic carbocycles. The van der Waals surface area contributed by atoms with Gasteiger partial charge in [-0.05, 0) is 43.1 Å². The van der Waals surface area contributed by atoms with Crippen LogP contribution in [0.15, 0.2) is 47.8 Å². The van der Waals surface area contributed by atoms with Gasteiger partial charge in [0.15, 0.2) is 10.4 Å². The summed E-state index contributed by atoms with van der Waals surface area (Å²) in [4.78, 5) is 10.6. The standard InChI is InChI=1S/C17H20N4O3S/c22-25(23)15-3-1-7-19-16(15)24-17(12-20-25)6-2-10-21(13-17)11-14-4-8-18-9-5-14/h1,3-5,7-9H,2,6,10-13H2,(H-,20,22,23). The van der Waals surface area contributed by atoms with E-state index in [1.165, 1.54) is 11.6 Å². The normalized spacial score (nSPS) is 29.6. The summed E-state index contributed by atoms with van der Waals surface area (Å²) in [5, 5.41) is 0. The Kier molecular flexibility index (Phi) is 4.28. The fraction of sp³-hybridized carbons (Fsp3) is 0.412. The zero-order valence-corrected chi connectivity index (χ0v) is 14.6. The van der Waals surface area contributed by atoms with E-state index in [1.54, 1.807) is 24.7 Å². The maximum Gasteiger partial charge on any atom is 0.272 e. The predicted octanol–water partition coefficient (Wildman–Crippen LogP) is 1.40. The van der Waals surface area contributed by atoms with Crippen LogP contribution >= 0.6 is 0 Å². The second kappa shape index (κ2) is 6.45. The molecule has 2 aliphatic rings. The molecular formula is C17H20N4O3S. The second-order valence-corrected chi connectivity index (χ2v) is 8.32. The molecule has 25 heavy (non-hydrogen) atoms. The lowest BCUT2D eigenvalue weighted by Crippen LogP contribution is -2.56. The summed E-state index contributed by atoms with van der Waals surface area (Å²) in [5.74, 6) is 0.193. The molecule has 2 aromatic heterocycles. The van der Waals surface area contributed by atoms with Crippen LogP contribution in [0.3, 0.4) is 0 Å². The molecule has 4 heterocycles. The SMILES string of the molecule is O=[S+]1([O-])NCC2(CCCN(Cc3ccncc3)C2)Oc2ncccc21. The summed E-state index contributed by atoms with van der Waals surface area (Å²) in [6.45, 7) is 2.64. The molecule has 8 heteroatoms. The van der Waals surface area contributed by atoms with Crippen molar-refractivity contribution in [2.45, 2.75) is 29.9 Å². The van der Waals surface area contributed by atoms with E-state index >= 15 is 0 Å². The lowest BCUT2D eigenvalue weighted by atomic mass is 9.92. The van der Waals surface area contributed by atoms with Gasteiger partial charge in [-0.1, -0.05) is 4.21 Å². The highest BCUT2D eigenvalue weighted by molar-refractivity contribution is 7.95. The molecule has 4 rings (SSSR count). The number of pyridine rings is 2. The molecule has 132 valence electrons. The first-order chi connectivity index (χ1) is 12.1. The second-order valence-electron chi connectivity index (χ2n) is 6.59. The van der Waals surface area contributed by atoms with Crippen LogP contribution in [-0.4, -0.2) is 44.7 Å². The van der Waals surface area contributed by atoms with Gasteiger partial charge in [-0.2, -0.15) is 0 Å². The average molecular weight is 360 g/mol. The number of ether oxygens (including phenoxy) is 1. The zero-order valence-electron chi connectivity index (χ0n) is 13.8. The van der Waals surface area contributed by atoms with E-state index in [4.69, 9.17) is 4.74 Å². The maximum absolute atomic E-state index is 12.4. The summed E-state index contributed by atoms with van der Waals surface area (Å²) in [6.07, 6.45) is 6.86. The average Bonchev–Trinajstić information content (AvgIpc) is 2.71. The minimum atomic E-state index is -3.59. The van der Waals surface area contributed by atoms with E-state index in [2.05, 4.69) is 19.6 Å². The predicted molar refractivity (Wildman–Crippen MR) is 91.4 cm³/mol. The third-order valence-corrected chi connectivity index (χ3v) is 6.11. The molecule has 0 amide bonds. The molecule has 1 saturated heterocycles. The summed E-state index contributed by atoms with van der Waals surface area (Å²) in [7, 11) is -3.59. The Morgan fingerprint density at radius 2 is 2.16 bits per heavy atom. The minimum Gasteiger partial charge on any atom is -0.593 e. The van der Waals surface area contributed by atoms with E-state index in [0.717, 1.165) is 25.9 Å². The van der Waals surface area contributed by atoms with Crippen molar-refractivity contribution < 1.29 is 13.5 Å². The molecular weight excluding hydrogens is 340 g/mol. The Labute approximate surface area is 147 Å². The fourth-order valence-electron chi connectivity index (χ4n) is 3.50. The number of likely N-dealkylation sites (tertiary alicyclic amines) is 1. The van der Waals surface area contributed by atoms with Gasteiger partial charge < -0.3 is 9.29 Å². The molecule has 2 atom stereocenters. The summed E-state index contributed by atoms with van der Waals surface area (Å²) in [5.41, 5.74) is 0.581. The number of sulfonamides is 1. The first kappa shape index (κ1) is 16.6. The van der Waals surface area contributed by atoms with Crippen molar-refractivity contribution in [2.75, 3.05) is 19.6 Å². The lowest BCUT2D eigenvalue weighted by Gasteiger charge is -2.41. The van der Waals surface area contributed by atoms with E-state index < -0.39 is 16.0 Å². The van der Waals surface area contributed by atoms with Gasteiger partial charge in [0.2, 0.25) is 4.90 Å². The van der Waals surface area contributed by atoms with Gasteiger partial charge in [-0.25, -0.2) is 4.98 Å². The highest BCUT2D eigenvalue weighted by atomic mass is 32.3. The van der Waals surface area contributed by atoms with Crippen molar-refractivity contribution in [2.24, 2.45) is 0 Å². The number of hydrogen-bond donors (Lipinski definition) is 1. The van der Waals surface area contributed by atoms with Crippen molar-refractivity contribution in [3.05, 3.63) is 48.4 Å². The number of hydrogen-bond acceptors (Lipinski definition) is 6. The highest BCUT2D eigenvalue weighted by Crippen LogP contribution is 2.34. The molecule has 2 aromatic rings. The third-order valence-electron chi connectivity index (χ3n) is 4.70. The van der Waals surface area contributed by atoms with E-state index in [0.29, 0.717) is 6.54 Å². The zero-order chi connectivity index (χ0) is 17.3. The molecule has 0 radical (unpaired) electrons. The van der Waals surface area contributed by atoms with Crippen LogP contribution in [0.2, 0.25) is 0 Å². The number of rotatable bonds is 2. The summed E-state index contributed by atoms with van der Waals surface area (Å²) >= 11 is 0. The monoisotopic (exact) mass is 360 g/mol. The van der Waals surface area contributed by atoms with Crippen molar-refractivity contribution in [3.8, 4) is 5.88 Å². The Bertz CT molecular complexity index is 803. The van der Waals surface area contributed by atoms with Crippen molar-refractivity contribution >= 4 is 10.4 Å². The van der Waals surface area contributed by atoms with Crippen LogP contribution < -0.4 is 9.46 Å². The van der Waals surface area contributed by atoms with Crippen LogP contribution in [0, 0.1) is 0 Å². The maximum atomic E-state index is 12.4. The molecule has 2 unspecified atom stereocenters. The van der Waals surface area contributed by atoms with Gasteiger partial charge in [-0.15, -0.1) is 4.72 Å². The van der Waals surface area contributed by atoms with E-state index in [-0.39, 0.29) is 17.3 Å². The number of fused-ring (bicyclic) bond motifs is 1. The molecule has 1 N–H and O–H groups in total. The van der Waals surface area contributed by atoms with E-state index in [1.807, 2.05) is 12.1 Å². The van der Waals surface area contributed by atoms with Crippen LogP contribution in [-0.2, 0) is 21.2 Å². The molecule has 1 fully saturated rings. The Balaban J connectivity index is 1.58. The fourth-order valence-corrected chi connectivity index (χ4v) is 4.69. The quantitative estimate of drug-likeness (QED) is 0.814.